The van der Waals surface area contributed by atoms with Gasteiger partial charge in [-0.2, -0.15) is 0 Å². The van der Waals surface area contributed by atoms with Crippen LogP contribution < -0.4 is 9.30 Å². The molecule has 11 rings (SSSR count). The number of ether oxygens (including phenoxy) is 1. The fourth-order valence-corrected chi connectivity index (χ4v) is 10.4. The standard InChI is InChI=1S/C70H69N5O/c1-68(2,3)52-34-36-72-67(44-52)75-62-29-17-16-26-60(62)61-32-31-55(45-64(61)75)76-56-35-37-71-66(46-56)74-47-73(65-40-49(30-33-63(65)74)39-48-21-12-10-13-22-48)38-19-18-25-59-57(50-23-14-11-15-24-50)27-20-28-58(59)51-41-53(69(4,5)6)43-54(42-51)70(7,8)9/h10-17,20-24,26-37,40-46H,18-19,25,38-39H2,1-9H3/i11D,14D,15D,23D,24D. The molecule has 4 aromatic heterocycles. The number of pyridine rings is 2. The minimum Gasteiger partial charge on any atom is -0.458 e. The van der Waals surface area contributed by atoms with Crippen molar-refractivity contribution < 1.29 is 16.2 Å². The number of unbranched alkanes of at least 4 members (excludes halogenated alkanes) is 1. The molecule has 11 aromatic rings. The predicted molar refractivity (Wildman–Crippen MR) is 314 cm³/mol. The maximum Gasteiger partial charge on any atom is 0.245 e. The van der Waals surface area contributed by atoms with E-state index >= 15 is 0 Å². The maximum atomic E-state index is 9.12. The van der Waals surface area contributed by atoms with E-state index in [9.17, 15) is 0 Å². The molecule has 0 N–H and O–H groups in total. The van der Waals surface area contributed by atoms with Crippen LogP contribution in [0.4, 0.5) is 0 Å². The lowest BCUT2D eigenvalue weighted by atomic mass is 9.78. The van der Waals surface area contributed by atoms with Crippen LogP contribution in [0.15, 0.2) is 194 Å². The maximum absolute atomic E-state index is 9.12. The third-order valence-electron chi connectivity index (χ3n) is 14.7. The van der Waals surface area contributed by atoms with Crippen LogP contribution in [0.1, 0.15) is 115 Å². The fourth-order valence-electron chi connectivity index (χ4n) is 10.4. The Kier molecular flexibility index (Phi) is 11.8. The molecule has 0 aliphatic carbocycles. The van der Waals surface area contributed by atoms with E-state index in [1.165, 1.54) is 27.8 Å². The molecule has 6 nitrogen and oxygen atoms in total. The van der Waals surface area contributed by atoms with Gasteiger partial charge in [0.2, 0.25) is 6.33 Å². The molecule has 0 fully saturated rings. The normalized spacial score (nSPS) is 13.2. The Bertz CT molecular complexity index is 4140. The molecule has 0 aliphatic heterocycles. The number of aromatic nitrogens is 5. The van der Waals surface area contributed by atoms with Gasteiger partial charge in [0.1, 0.15) is 23.1 Å². The van der Waals surface area contributed by atoms with Gasteiger partial charge in [-0.25, -0.2) is 4.98 Å². The summed E-state index contributed by atoms with van der Waals surface area (Å²) in [5, 5.41) is 2.25. The van der Waals surface area contributed by atoms with Crippen LogP contribution in [0.5, 0.6) is 11.5 Å². The first-order chi connectivity index (χ1) is 38.6. The predicted octanol–water partition coefficient (Wildman–Crippen LogP) is 17.2. The molecular weight excluding hydrogens is 927 g/mol. The molecule has 0 atom stereocenters. The lowest BCUT2D eigenvalue weighted by Crippen LogP contribution is -2.33. The third kappa shape index (κ3) is 10.3. The second-order valence-electron chi connectivity index (χ2n) is 23.3. The average molecular weight is 1000 g/mol. The van der Waals surface area contributed by atoms with E-state index < -0.39 is 6.04 Å². The molecule has 0 amide bonds. The van der Waals surface area contributed by atoms with E-state index in [1.54, 1.807) is 6.20 Å². The summed E-state index contributed by atoms with van der Waals surface area (Å²) >= 11 is 0. The van der Waals surface area contributed by atoms with Crippen molar-refractivity contribution in [3.63, 3.8) is 0 Å². The zero-order valence-corrected chi connectivity index (χ0v) is 45.3. The van der Waals surface area contributed by atoms with Gasteiger partial charge in [-0.1, -0.05) is 201 Å². The Hall–Kier alpha value is -8.09. The molecule has 0 saturated carbocycles. The van der Waals surface area contributed by atoms with E-state index in [1.807, 2.05) is 47.2 Å². The van der Waals surface area contributed by atoms with Gasteiger partial charge in [0, 0.05) is 35.3 Å². The van der Waals surface area contributed by atoms with Gasteiger partial charge in [0.15, 0.2) is 0 Å². The number of hydrogen-bond acceptors (Lipinski definition) is 3. The largest absolute Gasteiger partial charge is 0.458 e. The number of imidazole rings is 1. The van der Waals surface area contributed by atoms with Gasteiger partial charge in [-0.05, 0) is 128 Å². The minimum atomic E-state index is -0.401. The van der Waals surface area contributed by atoms with Gasteiger partial charge in [0.05, 0.1) is 35.5 Å². The Balaban J connectivity index is 0.948. The number of hydrogen-bond donors (Lipinski definition) is 0. The first kappa shape index (κ1) is 44.2. The third-order valence-corrected chi connectivity index (χ3v) is 14.7. The summed E-state index contributed by atoms with van der Waals surface area (Å²) in [7, 11) is 0. The summed E-state index contributed by atoms with van der Waals surface area (Å²) in [6.45, 7) is 20.7. The van der Waals surface area contributed by atoms with Crippen molar-refractivity contribution in [2.45, 2.75) is 111 Å². The second kappa shape index (κ2) is 20.2. The van der Waals surface area contributed by atoms with Crippen LogP contribution in [-0.4, -0.2) is 19.1 Å². The van der Waals surface area contributed by atoms with Crippen LogP contribution in [0.25, 0.3) is 66.7 Å². The molecule has 6 heteroatoms. The summed E-state index contributed by atoms with van der Waals surface area (Å²) < 4.78 is 57.2. The summed E-state index contributed by atoms with van der Waals surface area (Å²) in [5.74, 6) is 2.83. The second-order valence-corrected chi connectivity index (χ2v) is 23.3. The molecule has 76 heavy (non-hydrogen) atoms. The van der Waals surface area contributed by atoms with Crippen LogP contribution in [0.3, 0.4) is 0 Å². The van der Waals surface area contributed by atoms with E-state index in [0.717, 1.165) is 74.6 Å². The van der Waals surface area contributed by atoms with Crippen LogP contribution in [0.2, 0.25) is 0 Å². The lowest BCUT2D eigenvalue weighted by molar-refractivity contribution is -0.676. The van der Waals surface area contributed by atoms with Crippen molar-refractivity contribution in [2.75, 3.05) is 0 Å². The summed E-state index contributed by atoms with van der Waals surface area (Å²) in [5.41, 5.74) is 13.6. The van der Waals surface area contributed by atoms with E-state index in [-0.39, 0.29) is 46.0 Å². The van der Waals surface area contributed by atoms with Crippen LogP contribution >= 0.6 is 0 Å². The highest BCUT2D eigenvalue weighted by atomic mass is 16.5. The monoisotopic (exact) mass is 1000 g/mol. The zero-order valence-electron chi connectivity index (χ0n) is 50.3. The molecular formula is C70H69N5O. The van der Waals surface area contributed by atoms with Gasteiger partial charge in [-0.3, -0.25) is 9.55 Å². The first-order valence-electron chi connectivity index (χ1n) is 29.1. The van der Waals surface area contributed by atoms with Gasteiger partial charge in [-0.15, -0.1) is 0 Å². The quantitative estimate of drug-likeness (QED) is 0.0657. The Labute approximate surface area is 456 Å². The van der Waals surface area contributed by atoms with Crippen molar-refractivity contribution in [1.29, 1.82) is 0 Å². The molecule has 0 bridgehead atoms. The van der Waals surface area contributed by atoms with Gasteiger partial charge < -0.3 is 13.9 Å². The van der Waals surface area contributed by atoms with E-state index in [0.29, 0.717) is 35.8 Å². The molecule has 0 unspecified atom stereocenters. The van der Waals surface area contributed by atoms with Crippen molar-refractivity contribution in [3.8, 4) is 45.4 Å². The van der Waals surface area contributed by atoms with Crippen molar-refractivity contribution in [3.05, 3.63) is 234 Å². The molecule has 0 spiro atoms. The van der Waals surface area contributed by atoms with Crippen LogP contribution in [-0.2, 0) is 35.6 Å². The fraction of sp³-hybridized carbons (Fsp3) is 0.243. The van der Waals surface area contributed by atoms with Crippen molar-refractivity contribution in [2.24, 2.45) is 0 Å². The van der Waals surface area contributed by atoms with Crippen molar-refractivity contribution >= 4 is 32.8 Å². The Morgan fingerprint density at radius 1 is 0.526 bits per heavy atom. The highest BCUT2D eigenvalue weighted by Crippen LogP contribution is 2.40. The Morgan fingerprint density at radius 3 is 1.95 bits per heavy atom. The molecule has 0 aliphatic rings. The van der Waals surface area contributed by atoms with E-state index in [4.69, 9.17) is 21.6 Å². The highest BCUT2D eigenvalue weighted by Gasteiger charge is 2.24. The topological polar surface area (TPSA) is 48.8 Å². The summed E-state index contributed by atoms with van der Waals surface area (Å²) in [6, 6.07) is 51.3. The SMILES string of the molecule is [2H]c1c([2H])c([2H])c(-c2cccc(-c3cc(C(C)(C)C)cc(C(C)(C)C)c3)c2CCCC[n+]2[c-]n(-c3cc(Oc4ccc5c6ccccc6n(-c6cc(C(C)(C)C)ccn6)c5c4)ccn3)c3ccc(Cc4ccccc4)cc32)c([2H])c1[2H]. The number of nitrogens with zero attached hydrogens (tertiary/aromatic N) is 5. The average Bonchev–Trinajstić information content (AvgIpc) is 4.08. The number of rotatable bonds is 13. The first-order valence-corrected chi connectivity index (χ1v) is 26.6. The van der Waals surface area contributed by atoms with Crippen molar-refractivity contribution in [1.82, 2.24) is 19.1 Å². The summed E-state index contributed by atoms with van der Waals surface area (Å²) in [6.07, 6.45) is 10.3. The Morgan fingerprint density at radius 2 is 1.20 bits per heavy atom. The van der Waals surface area contributed by atoms with Gasteiger partial charge >= 0.3 is 0 Å². The van der Waals surface area contributed by atoms with Crippen LogP contribution in [0, 0.1) is 6.33 Å². The smallest absolute Gasteiger partial charge is 0.245 e. The summed E-state index contributed by atoms with van der Waals surface area (Å²) in [4.78, 5) is 9.79. The highest BCUT2D eigenvalue weighted by molar-refractivity contribution is 6.09. The number of para-hydroxylation sites is 1. The molecule has 4 heterocycles. The van der Waals surface area contributed by atoms with Gasteiger partial charge in [0.25, 0.3) is 0 Å². The number of aryl methyl sites for hydroxylation is 1. The van der Waals surface area contributed by atoms with E-state index in [2.05, 4.69) is 193 Å². The lowest BCUT2D eigenvalue weighted by Gasteiger charge is -2.27. The number of benzene rings is 7. The molecule has 7 aromatic carbocycles. The number of fused-ring (bicyclic) bond motifs is 4. The molecule has 380 valence electrons. The molecule has 0 saturated heterocycles. The molecule has 0 radical (unpaired) electrons. The zero-order chi connectivity index (χ0) is 57.1. The minimum absolute atomic E-state index is 0.0483.